The Morgan fingerprint density at radius 3 is 1.86 bits per heavy atom. The summed E-state index contributed by atoms with van der Waals surface area (Å²) in [5.41, 5.74) is 15.9. The van der Waals surface area contributed by atoms with Gasteiger partial charge >= 0.3 is 0 Å². The molecule has 4 aromatic carbocycles. The van der Waals surface area contributed by atoms with Crippen molar-refractivity contribution in [3.05, 3.63) is 215 Å². The number of rotatable bonds is 20. The highest BCUT2D eigenvalue weighted by molar-refractivity contribution is 5.90. The lowest BCUT2D eigenvalue weighted by Gasteiger charge is -2.26. The monoisotopic (exact) mass is 939 g/mol. The molecule has 0 fully saturated rings. The second-order valence-corrected chi connectivity index (χ2v) is 16.9. The SMILES string of the molecule is C#CC.C/C=C\C(C)CC/C=C(\C)N(C/C=C\C/C=C(\C)c1ccccc1-c1ccccc1-c1cc(C)cc(NC(/C=C\C(C)=C/C)=C/C)c1)C(/C=C\C(C)CC)=C/C.CC.CC.Cc1ccccc1. The van der Waals surface area contributed by atoms with Crippen LogP contribution in [-0.2, 0) is 0 Å². The fourth-order valence-electron chi connectivity index (χ4n) is 7.19. The minimum absolute atomic E-state index is 0.555. The molecule has 0 heterocycles. The predicted octanol–water partition coefficient (Wildman–Crippen LogP) is 20.9. The van der Waals surface area contributed by atoms with Gasteiger partial charge in [-0.15, -0.1) is 12.3 Å². The van der Waals surface area contributed by atoms with Gasteiger partial charge in [0.25, 0.3) is 0 Å². The zero-order valence-electron chi connectivity index (χ0n) is 47.0. The van der Waals surface area contributed by atoms with Gasteiger partial charge in [0.1, 0.15) is 0 Å². The van der Waals surface area contributed by atoms with Gasteiger partial charge in [-0.2, -0.15) is 0 Å². The summed E-state index contributed by atoms with van der Waals surface area (Å²) >= 11 is 0. The molecule has 4 aromatic rings. The molecule has 0 saturated heterocycles. The molecule has 70 heavy (non-hydrogen) atoms. The molecule has 2 nitrogen and oxygen atoms in total. The van der Waals surface area contributed by atoms with Crippen LogP contribution in [0.25, 0.3) is 27.8 Å². The zero-order chi connectivity index (χ0) is 52.7. The van der Waals surface area contributed by atoms with E-state index in [1.54, 1.807) is 6.92 Å². The summed E-state index contributed by atoms with van der Waals surface area (Å²) in [6.45, 7) is 36.6. The van der Waals surface area contributed by atoms with Crippen LogP contribution in [0.2, 0.25) is 0 Å². The van der Waals surface area contributed by atoms with Gasteiger partial charge in [0.2, 0.25) is 0 Å². The first-order valence-electron chi connectivity index (χ1n) is 26.0. The van der Waals surface area contributed by atoms with Crippen LogP contribution in [0.5, 0.6) is 0 Å². The highest BCUT2D eigenvalue weighted by atomic mass is 15.1. The van der Waals surface area contributed by atoms with E-state index >= 15 is 0 Å². The first kappa shape index (κ1) is 63.7. The van der Waals surface area contributed by atoms with E-state index in [1.165, 1.54) is 61.5 Å². The Hall–Kier alpha value is -6.30. The Bertz CT molecular complexity index is 2360. The topological polar surface area (TPSA) is 15.3 Å². The molecule has 2 heteroatoms. The summed E-state index contributed by atoms with van der Waals surface area (Å²) < 4.78 is 0. The Morgan fingerprint density at radius 1 is 0.671 bits per heavy atom. The van der Waals surface area contributed by atoms with Gasteiger partial charge in [-0.1, -0.05) is 218 Å². The van der Waals surface area contributed by atoms with Crippen LogP contribution < -0.4 is 5.32 Å². The normalized spacial score (nSPS) is 13.0. The summed E-state index contributed by atoms with van der Waals surface area (Å²) in [4.78, 5) is 2.45. The molecular formula is C68H94N2. The minimum Gasteiger partial charge on any atom is -0.356 e. The number of terminal acetylenes is 1. The standard InChI is InChI=1S/C54H70N2.C7H8.C3H4.2C2H6/c1-12-25-43(8)26-24-28-46(11)56(50(16-5)36-34-42(7)14-3)37-23-17-18-27-45(10)51-29-19-21-31-53(51)54-32-22-20-30-52(54)47-38-44(9)39-49(40-47)55-48(15-4)35-33-41(6)13-2;1-7-5-3-2-4-6-7;1-3-2;2*1-2/h12-13,15-17,19-23,25,27-36,38-40,42-43,55H,14,18,24,26,37H2,1-11H3;2-6H,1H3;1H,2H3;2*1-2H3/b23-17-,25-12-,35-33-,36-34-,41-13-,45-27+,46-28+,48-15+,50-16+;;;;. The van der Waals surface area contributed by atoms with Gasteiger partial charge in [-0.3, -0.25) is 0 Å². The molecule has 0 saturated carbocycles. The fourth-order valence-corrected chi connectivity index (χ4v) is 7.19. The Morgan fingerprint density at radius 2 is 1.29 bits per heavy atom. The molecule has 0 aliphatic rings. The number of nitrogens with one attached hydrogen (secondary N) is 1. The lowest BCUT2D eigenvalue weighted by atomic mass is 9.89. The van der Waals surface area contributed by atoms with Crippen molar-refractivity contribution in [2.45, 2.75) is 143 Å². The van der Waals surface area contributed by atoms with Crippen LogP contribution in [0.1, 0.15) is 146 Å². The molecule has 1 N–H and O–H groups in total. The van der Waals surface area contributed by atoms with Crippen molar-refractivity contribution < 1.29 is 0 Å². The van der Waals surface area contributed by atoms with Gasteiger partial charge in [0.15, 0.2) is 0 Å². The Labute approximate surface area is 431 Å². The van der Waals surface area contributed by atoms with Crippen molar-refractivity contribution in [1.82, 2.24) is 4.90 Å². The van der Waals surface area contributed by atoms with Crippen molar-refractivity contribution in [3.8, 4) is 34.6 Å². The Kier molecular flexibility index (Phi) is 36.0. The molecule has 0 aliphatic heterocycles. The number of hydrogen-bond donors (Lipinski definition) is 1. The molecule has 2 unspecified atom stereocenters. The predicted molar refractivity (Wildman–Crippen MR) is 320 cm³/mol. The third-order valence-corrected chi connectivity index (χ3v) is 11.3. The lowest BCUT2D eigenvalue weighted by Crippen LogP contribution is -2.20. The first-order valence-corrected chi connectivity index (χ1v) is 26.0. The van der Waals surface area contributed by atoms with Crippen molar-refractivity contribution >= 4 is 11.3 Å². The van der Waals surface area contributed by atoms with E-state index in [9.17, 15) is 0 Å². The zero-order valence-corrected chi connectivity index (χ0v) is 47.0. The number of nitrogens with zero attached hydrogens (tertiary/aromatic N) is 1. The average Bonchev–Trinajstić information content (AvgIpc) is 3.38. The quantitative estimate of drug-likeness (QED) is 0.0540. The second kappa shape index (κ2) is 39.5. The summed E-state index contributed by atoms with van der Waals surface area (Å²) in [5.74, 6) is 3.40. The van der Waals surface area contributed by atoms with E-state index in [2.05, 4.69) is 263 Å². The number of benzene rings is 4. The van der Waals surface area contributed by atoms with E-state index in [0.29, 0.717) is 11.8 Å². The highest BCUT2D eigenvalue weighted by Gasteiger charge is 2.13. The number of allylic oxidation sites excluding steroid dienone is 15. The van der Waals surface area contributed by atoms with Gasteiger partial charge in [0, 0.05) is 29.3 Å². The maximum absolute atomic E-state index is 4.60. The van der Waals surface area contributed by atoms with Crippen LogP contribution in [0.15, 0.2) is 199 Å². The van der Waals surface area contributed by atoms with Crippen LogP contribution in [0, 0.1) is 38.0 Å². The van der Waals surface area contributed by atoms with Crippen LogP contribution in [-0.4, -0.2) is 11.4 Å². The molecule has 0 aliphatic carbocycles. The highest BCUT2D eigenvalue weighted by Crippen LogP contribution is 2.38. The van der Waals surface area contributed by atoms with E-state index in [-0.39, 0.29) is 0 Å². The first-order chi connectivity index (χ1) is 33.8. The summed E-state index contributed by atoms with van der Waals surface area (Å²) in [6.07, 6.45) is 38.1. The summed E-state index contributed by atoms with van der Waals surface area (Å²) in [6, 6.07) is 34.7. The van der Waals surface area contributed by atoms with Crippen molar-refractivity contribution in [3.63, 3.8) is 0 Å². The largest absolute Gasteiger partial charge is 0.356 e. The van der Waals surface area contributed by atoms with Gasteiger partial charge in [-0.25, -0.2) is 0 Å². The Balaban J connectivity index is 0.00000298. The van der Waals surface area contributed by atoms with E-state index in [0.717, 1.165) is 43.6 Å². The van der Waals surface area contributed by atoms with Crippen LogP contribution >= 0.6 is 0 Å². The van der Waals surface area contributed by atoms with Crippen molar-refractivity contribution in [1.29, 1.82) is 0 Å². The van der Waals surface area contributed by atoms with Gasteiger partial charge < -0.3 is 10.2 Å². The van der Waals surface area contributed by atoms with Crippen molar-refractivity contribution in [2.75, 3.05) is 11.9 Å². The maximum Gasteiger partial charge on any atom is 0.0408 e. The third-order valence-electron chi connectivity index (χ3n) is 11.3. The molecule has 0 aromatic heterocycles. The smallest absolute Gasteiger partial charge is 0.0408 e. The number of aryl methyl sites for hydroxylation is 2. The lowest BCUT2D eigenvalue weighted by molar-refractivity contribution is 0.481. The van der Waals surface area contributed by atoms with E-state index in [4.69, 9.17) is 0 Å². The molecule has 0 radical (unpaired) electrons. The van der Waals surface area contributed by atoms with E-state index in [1.807, 2.05) is 45.9 Å². The van der Waals surface area contributed by atoms with Crippen molar-refractivity contribution in [2.24, 2.45) is 11.8 Å². The number of hydrogen-bond acceptors (Lipinski definition) is 2. The minimum atomic E-state index is 0.555. The third kappa shape index (κ3) is 25.3. The molecule has 376 valence electrons. The molecule has 0 spiro atoms. The summed E-state index contributed by atoms with van der Waals surface area (Å²) in [5, 5.41) is 3.65. The summed E-state index contributed by atoms with van der Waals surface area (Å²) in [7, 11) is 0. The molecule has 0 amide bonds. The van der Waals surface area contributed by atoms with E-state index < -0.39 is 0 Å². The van der Waals surface area contributed by atoms with Crippen LogP contribution in [0.3, 0.4) is 0 Å². The number of anilines is 1. The average molecular weight is 940 g/mol. The second-order valence-electron chi connectivity index (χ2n) is 16.9. The van der Waals surface area contributed by atoms with Gasteiger partial charge in [0.05, 0.1) is 0 Å². The fraction of sp³-hybridized carbons (Fsp3) is 0.353. The van der Waals surface area contributed by atoms with Gasteiger partial charge in [-0.05, 0) is 164 Å². The molecule has 2 atom stereocenters. The molecule has 0 bridgehead atoms. The molecule has 4 rings (SSSR count). The van der Waals surface area contributed by atoms with Crippen LogP contribution in [0.4, 0.5) is 5.69 Å². The maximum atomic E-state index is 4.60. The molecular weight excluding hydrogens is 845 g/mol.